The van der Waals surface area contributed by atoms with Crippen LogP contribution in [-0.2, 0) is 0 Å². The molecule has 2 aromatic rings. The molecular formula is C17H14ClNO2. The van der Waals surface area contributed by atoms with E-state index >= 15 is 0 Å². The summed E-state index contributed by atoms with van der Waals surface area (Å²) in [5, 5.41) is 11.9. The Morgan fingerprint density at radius 1 is 1.19 bits per heavy atom. The SMILES string of the molecule is O=C(Nc1cccc(C#CCCO)c1)c1ccccc1Cl. The average molecular weight is 300 g/mol. The van der Waals surface area contributed by atoms with E-state index in [-0.39, 0.29) is 12.5 Å². The molecule has 2 aromatic carbocycles. The molecule has 0 saturated carbocycles. The van der Waals surface area contributed by atoms with Gasteiger partial charge in [-0.2, -0.15) is 0 Å². The van der Waals surface area contributed by atoms with E-state index in [4.69, 9.17) is 16.7 Å². The Morgan fingerprint density at radius 3 is 2.76 bits per heavy atom. The molecule has 0 spiro atoms. The fraction of sp³-hybridized carbons (Fsp3) is 0.118. The number of halogens is 1. The second kappa shape index (κ2) is 7.49. The van der Waals surface area contributed by atoms with Crippen molar-refractivity contribution in [3.05, 3.63) is 64.7 Å². The lowest BCUT2D eigenvalue weighted by Crippen LogP contribution is -2.12. The molecule has 0 radical (unpaired) electrons. The van der Waals surface area contributed by atoms with Crippen molar-refractivity contribution in [2.24, 2.45) is 0 Å². The monoisotopic (exact) mass is 299 g/mol. The van der Waals surface area contributed by atoms with Crippen molar-refractivity contribution in [2.45, 2.75) is 6.42 Å². The second-order valence-corrected chi connectivity index (χ2v) is 4.70. The number of aliphatic hydroxyl groups is 1. The summed E-state index contributed by atoms with van der Waals surface area (Å²) >= 11 is 5.99. The first-order valence-electron chi connectivity index (χ1n) is 6.46. The normalized spacial score (nSPS) is 9.62. The van der Waals surface area contributed by atoms with E-state index in [0.29, 0.717) is 22.7 Å². The zero-order chi connectivity index (χ0) is 15.1. The Labute approximate surface area is 128 Å². The van der Waals surface area contributed by atoms with Crippen LogP contribution in [-0.4, -0.2) is 17.6 Å². The van der Waals surface area contributed by atoms with Crippen LogP contribution in [0.25, 0.3) is 0 Å². The molecule has 2 N–H and O–H groups in total. The maximum absolute atomic E-state index is 12.1. The van der Waals surface area contributed by atoms with Crippen LogP contribution in [0.1, 0.15) is 22.3 Å². The van der Waals surface area contributed by atoms with E-state index in [1.54, 1.807) is 36.4 Å². The summed E-state index contributed by atoms with van der Waals surface area (Å²) in [6, 6.07) is 14.1. The zero-order valence-corrected chi connectivity index (χ0v) is 12.0. The topological polar surface area (TPSA) is 49.3 Å². The van der Waals surface area contributed by atoms with E-state index in [1.807, 2.05) is 12.1 Å². The summed E-state index contributed by atoms with van der Waals surface area (Å²) in [6.45, 7) is 0.0376. The molecule has 21 heavy (non-hydrogen) atoms. The highest BCUT2D eigenvalue weighted by Crippen LogP contribution is 2.17. The molecule has 0 unspecified atom stereocenters. The van der Waals surface area contributed by atoms with Gasteiger partial charge in [-0.1, -0.05) is 41.6 Å². The number of amides is 1. The lowest BCUT2D eigenvalue weighted by atomic mass is 10.1. The molecule has 0 aliphatic rings. The summed E-state index contributed by atoms with van der Waals surface area (Å²) in [6.07, 6.45) is 0.427. The van der Waals surface area contributed by atoms with Crippen molar-refractivity contribution in [1.29, 1.82) is 0 Å². The van der Waals surface area contributed by atoms with Crippen molar-refractivity contribution >= 4 is 23.2 Å². The number of hydrogen-bond acceptors (Lipinski definition) is 2. The third-order valence-electron chi connectivity index (χ3n) is 2.71. The van der Waals surface area contributed by atoms with Gasteiger partial charge < -0.3 is 10.4 Å². The van der Waals surface area contributed by atoms with Crippen molar-refractivity contribution < 1.29 is 9.90 Å². The maximum Gasteiger partial charge on any atom is 0.257 e. The predicted octanol–water partition coefficient (Wildman–Crippen LogP) is 3.33. The first-order chi connectivity index (χ1) is 10.2. The lowest BCUT2D eigenvalue weighted by Gasteiger charge is -2.06. The van der Waals surface area contributed by atoms with E-state index in [0.717, 1.165) is 5.56 Å². The lowest BCUT2D eigenvalue weighted by molar-refractivity contribution is 0.102. The van der Waals surface area contributed by atoms with Gasteiger partial charge in [-0.05, 0) is 30.3 Å². The minimum atomic E-state index is -0.263. The average Bonchev–Trinajstić information content (AvgIpc) is 2.48. The van der Waals surface area contributed by atoms with Crippen molar-refractivity contribution in [1.82, 2.24) is 0 Å². The van der Waals surface area contributed by atoms with Crippen LogP contribution >= 0.6 is 11.6 Å². The van der Waals surface area contributed by atoms with Gasteiger partial charge in [0.1, 0.15) is 0 Å². The largest absolute Gasteiger partial charge is 0.395 e. The number of carbonyl (C=O) groups is 1. The third-order valence-corrected chi connectivity index (χ3v) is 3.04. The van der Waals surface area contributed by atoms with Gasteiger partial charge >= 0.3 is 0 Å². The maximum atomic E-state index is 12.1. The van der Waals surface area contributed by atoms with Gasteiger partial charge in [0.2, 0.25) is 0 Å². The molecule has 0 saturated heterocycles. The Bertz CT molecular complexity index is 701. The number of benzene rings is 2. The molecule has 1 amide bonds. The second-order valence-electron chi connectivity index (χ2n) is 4.29. The van der Waals surface area contributed by atoms with E-state index < -0.39 is 0 Å². The molecule has 0 aromatic heterocycles. The number of anilines is 1. The number of carbonyl (C=O) groups excluding carboxylic acids is 1. The quantitative estimate of drug-likeness (QED) is 0.854. The summed E-state index contributed by atoms with van der Waals surface area (Å²) < 4.78 is 0. The van der Waals surface area contributed by atoms with Crippen LogP contribution < -0.4 is 5.32 Å². The van der Waals surface area contributed by atoms with Gasteiger partial charge in [0.25, 0.3) is 5.91 Å². The van der Waals surface area contributed by atoms with Crippen LogP contribution in [0.3, 0.4) is 0 Å². The summed E-state index contributed by atoms with van der Waals surface area (Å²) in [5.74, 6) is 5.50. The van der Waals surface area contributed by atoms with Gasteiger partial charge in [0, 0.05) is 17.7 Å². The van der Waals surface area contributed by atoms with E-state index in [9.17, 15) is 4.79 Å². The highest BCUT2D eigenvalue weighted by molar-refractivity contribution is 6.34. The smallest absolute Gasteiger partial charge is 0.257 e. The van der Waals surface area contributed by atoms with Gasteiger partial charge in [-0.15, -0.1) is 0 Å². The van der Waals surface area contributed by atoms with Crippen LogP contribution in [0.2, 0.25) is 5.02 Å². The highest BCUT2D eigenvalue weighted by atomic mass is 35.5. The highest BCUT2D eigenvalue weighted by Gasteiger charge is 2.09. The van der Waals surface area contributed by atoms with Gasteiger partial charge in [-0.25, -0.2) is 0 Å². The fourth-order valence-electron chi connectivity index (χ4n) is 1.74. The summed E-state index contributed by atoms with van der Waals surface area (Å²) in [7, 11) is 0. The zero-order valence-electron chi connectivity index (χ0n) is 11.3. The molecule has 0 bridgehead atoms. The summed E-state index contributed by atoms with van der Waals surface area (Å²) in [5.41, 5.74) is 1.85. The first-order valence-corrected chi connectivity index (χ1v) is 6.84. The Balaban J connectivity index is 2.14. The third kappa shape index (κ3) is 4.35. The number of aliphatic hydroxyl groups excluding tert-OH is 1. The molecule has 0 heterocycles. The minimum Gasteiger partial charge on any atom is -0.395 e. The molecule has 0 aliphatic carbocycles. The van der Waals surface area contributed by atoms with Crippen LogP contribution in [0.15, 0.2) is 48.5 Å². The van der Waals surface area contributed by atoms with Gasteiger partial charge in [0.15, 0.2) is 0 Å². The molecular weight excluding hydrogens is 286 g/mol. The Hall–Kier alpha value is -2.28. The molecule has 3 nitrogen and oxygen atoms in total. The minimum absolute atomic E-state index is 0.0376. The van der Waals surface area contributed by atoms with Crippen molar-refractivity contribution in [3.8, 4) is 11.8 Å². The molecule has 106 valence electrons. The molecule has 0 fully saturated rings. The standard InChI is InChI=1S/C17H14ClNO2/c18-16-10-2-1-9-15(16)17(21)19-14-8-5-7-13(12-14)6-3-4-11-20/h1-2,5,7-10,12,20H,4,11H2,(H,19,21). The Morgan fingerprint density at radius 2 is 2.00 bits per heavy atom. The van der Waals surface area contributed by atoms with E-state index in [1.165, 1.54) is 0 Å². The molecule has 0 aliphatic heterocycles. The van der Waals surface area contributed by atoms with Gasteiger partial charge in [-0.3, -0.25) is 4.79 Å². The first kappa shape index (κ1) is 15.1. The number of rotatable bonds is 3. The van der Waals surface area contributed by atoms with Crippen LogP contribution in [0, 0.1) is 11.8 Å². The number of nitrogens with one attached hydrogen (secondary N) is 1. The molecule has 2 rings (SSSR count). The van der Waals surface area contributed by atoms with Crippen LogP contribution in [0.5, 0.6) is 0 Å². The number of hydrogen-bond donors (Lipinski definition) is 2. The van der Waals surface area contributed by atoms with E-state index in [2.05, 4.69) is 17.2 Å². The van der Waals surface area contributed by atoms with Crippen molar-refractivity contribution in [3.63, 3.8) is 0 Å². The molecule has 0 atom stereocenters. The van der Waals surface area contributed by atoms with Gasteiger partial charge in [0.05, 0.1) is 17.2 Å². The summed E-state index contributed by atoms with van der Waals surface area (Å²) in [4.78, 5) is 12.1. The fourth-order valence-corrected chi connectivity index (χ4v) is 1.96. The Kier molecular flexibility index (Phi) is 5.39. The predicted molar refractivity (Wildman–Crippen MR) is 84.4 cm³/mol. The van der Waals surface area contributed by atoms with Crippen molar-refractivity contribution in [2.75, 3.05) is 11.9 Å². The molecule has 4 heteroatoms. The van der Waals surface area contributed by atoms with Crippen LogP contribution in [0.4, 0.5) is 5.69 Å².